The summed E-state index contributed by atoms with van der Waals surface area (Å²) >= 11 is 1.82. The van der Waals surface area contributed by atoms with E-state index in [9.17, 15) is 9.59 Å². The molecule has 2 atom stereocenters. The number of rotatable bonds is 8. The first-order valence-corrected chi connectivity index (χ1v) is 10.9. The van der Waals surface area contributed by atoms with E-state index in [0.29, 0.717) is 18.0 Å². The van der Waals surface area contributed by atoms with Crippen LogP contribution in [0.15, 0.2) is 47.1 Å². The minimum atomic E-state index is -0.110. The first-order chi connectivity index (χ1) is 13.7. The van der Waals surface area contributed by atoms with Gasteiger partial charge in [0.25, 0.3) is 5.91 Å². The Balaban J connectivity index is 1.50. The summed E-state index contributed by atoms with van der Waals surface area (Å²) in [5, 5.41) is 2.87. The Hall–Kier alpha value is -2.21. The Morgan fingerprint density at radius 3 is 2.86 bits per heavy atom. The van der Waals surface area contributed by atoms with E-state index in [2.05, 4.69) is 5.32 Å². The van der Waals surface area contributed by atoms with Crippen LogP contribution in [-0.2, 0) is 21.8 Å². The number of thioether (sulfide) groups is 1. The quantitative estimate of drug-likeness (QED) is 0.663. The number of hydrogen-bond donors (Lipinski definition) is 1. The largest absolute Gasteiger partial charge is 0.469 e. The predicted molar refractivity (Wildman–Crippen MR) is 110 cm³/mol. The standard InChI is InChI=1S/C22H27NO4S/c1-26-22(25)20-10-3-2-7-18(20)15-28-14-16-6-4-8-17(12-16)21(24)23-13-19-9-5-11-27-19/h4-6,8-9,11-12,18,20H,2-3,7,10,13-15H2,1H3,(H,23,24). The molecule has 1 fully saturated rings. The Kier molecular flexibility index (Phi) is 7.60. The number of methoxy groups -OCH3 is 1. The van der Waals surface area contributed by atoms with E-state index in [1.54, 1.807) is 12.3 Å². The Morgan fingerprint density at radius 1 is 1.21 bits per heavy atom. The zero-order valence-electron chi connectivity index (χ0n) is 16.2. The van der Waals surface area contributed by atoms with E-state index in [4.69, 9.17) is 9.15 Å². The van der Waals surface area contributed by atoms with Gasteiger partial charge in [-0.15, -0.1) is 0 Å². The normalized spacial score (nSPS) is 19.2. The van der Waals surface area contributed by atoms with Crippen LogP contribution in [0.1, 0.15) is 47.4 Å². The van der Waals surface area contributed by atoms with Crippen LogP contribution in [0, 0.1) is 11.8 Å². The van der Waals surface area contributed by atoms with Gasteiger partial charge in [-0.05, 0) is 54.3 Å². The second-order valence-corrected chi connectivity index (χ2v) is 8.18. The van der Waals surface area contributed by atoms with Crippen LogP contribution in [0.4, 0.5) is 0 Å². The molecule has 1 N–H and O–H groups in total. The zero-order valence-corrected chi connectivity index (χ0v) is 17.0. The summed E-state index contributed by atoms with van der Waals surface area (Å²) < 4.78 is 10.2. The van der Waals surface area contributed by atoms with Gasteiger partial charge >= 0.3 is 5.97 Å². The van der Waals surface area contributed by atoms with Crippen LogP contribution in [-0.4, -0.2) is 24.7 Å². The maximum atomic E-state index is 12.4. The number of benzene rings is 1. The van der Waals surface area contributed by atoms with E-state index >= 15 is 0 Å². The summed E-state index contributed by atoms with van der Waals surface area (Å²) in [6.45, 7) is 0.376. The molecule has 1 aliphatic carbocycles. The molecule has 5 nitrogen and oxygen atoms in total. The molecular formula is C22H27NO4S. The molecule has 1 aromatic carbocycles. The van der Waals surface area contributed by atoms with Crippen molar-refractivity contribution in [1.29, 1.82) is 0 Å². The number of nitrogens with one attached hydrogen (secondary N) is 1. The molecule has 3 rings (SSSR count). The minimum absolute atomic E-state index is 0.0324. The molecule has 6 heteroatoms. The Bertz CT molecular complexity index is 775. The summed E-state index contributed by atoms with van der Waals surface area (Å²) in [6, 6.07) is 11.3. The number of carbonyl (C=O) groups excluding carboxylic acids is 2. The van der Waals surface area contributed by atoms with Crippen molar-refractivity contribution < 1.29 is 18.7 Å². The van der Waals surface area contributed by atoms with Crippen molar-refractivity contribution in [2.45, 2.75) is 38.0 Å². The topological polar surface area (TPSA) is 68.5 Å². The lowest BCUT2D eigenvalue weighted by Crippen LogP contribution is -2.29. The predicted octanol–water partition coefficient (Wildman–Crippen LogP) is 4.42. The van der Waals surface area contributed by atoms with Gasteiger partial charge in [0, 0.05) is 11.3 Å². The van der Waals surface area contributed by atoms with Crippen LogP contribution in [0.25, 0.3) is 0 Å². The first kappa shape index (κ1) is 20.5. The molecule has 1 aromatic heterocycles. The van der Waals surface area contributed by atoms with Gasteiger partial charge in [-0.3, -0.25) is 9.59 Å². The van der Waals surface area contributed by atoms with Crippen molar-refractivity contribution in [1.82, 2.24) is 5.32 Å². The molecule has 2 aromatic rings. The highest BCUT2D eigenvalue weighted by Gasteiger charge is 2.31. The fourth-order valence-electron chi connectivity index (χ4n) is 3.68. The number of ether oxygens (including phenoxy) is 1. The van der Waals surface area contributed by atoms with Crippen LogP contribution in [0.5, 0.6) is 0 Å². The van der Waals surface area contributed by atoms with Gasteiger partial charge in [-0.1, -0.05) is 25.0 Å². The van der Waals surface area contributed by atoms with Crippen molar-refractivity contribution in [3.8, 4) is 0 Å². The lowest BCUT2D eigenvalue weighted by molar-refractivity contribution is -0.148. The fourth-order valence-corrected chi connectivity index (χ4v) is 4.92. The summed E-state index contributed by atoms with van der Waals surface area (Å²) in [6.07, 6.45) is 5.90. The zero-order chi connectivity index (χ0) is 19.8. The molecule has 1 amide bonds. The highest BCUT2D eigenvalue weighted by Crippen LogP contribution is 2.34. The summed E-state index contributed by atoms with van der Waals surface area (Å²) in [5.41, 5.74) is 1.76. The monoisotopic (exact) mass is 401 g/mol. The molecule has 1 saturated carbocycles. The van der Waals surface area contributed by atoms with E-state index in [0.717, 1.165) is 42.1 Å². The van der Waals surface area contributed by atoms with Crippen molar-refractivity contribution in [2.75, 3.05) is 12.9 Å². The average Bonchev–Trinajstić information content (AvgIpc) is 3.26. The molecule has 0 aliphatic heterocycles. The molecule has 0 spiro atoms. The van der Waals surface area contributed by atoms with Gasteiger partial charge in [0.1, 0.15) is 5.76 Å². The fraction of sp³-hybridized carbons (Fsp3) is 0.455. The Morgan fingerprint density at radius 2 is 2.07 bits per heavy atom. The molecule has 0 saturated heterocycles. The maximum Gasteiger partial charge on any atom is 0.308 e. The average molecular weight is 402 g/mol. The van der Waals surface area contributed by atoms with Gasteiger partial charge in [0.15, 0.2) is 0 Å². The van der Waals surface area contributed by atoms with E-state index in [1.165, 1.54) is 13.5 Å². The molecular weight excluding hydrogens is 374 g/mol. The lowest BCUT2D eigenvalue weighted by Gasteiger charge is -2.29. The molecule has 150 valence electrons. The Labute approximate surface area is 170 Å². The van der Waals surface area contributed by atoms with Crippen LogP contribution < -0.4 is 5.32 Å². The lowest BCUT2D eigenvalue weighted by atomic mass is 9.80. The van der Waals surface area contributed by atoms with Gasteiger partial charge < -0.3 is 14.5 Å². The molecule has 1 heterocycles. The highest BCUT2D eigenvalue weighted by atomic mass is 32.2. The number of hydrogen-bond acceptors (Lipinski definition) is 5. The maximum absolute atomic E-state index is 12.4. The van der Waals surface area contributed by atoms with Crippen LogP contribution in [0.3, 0.4) is 0 Å². The SMILES string of the molecule is COC(=O)C1CCCCC1CSCc1cccc(C(=O)NCc2ccco2)c1. The summed E-state index contributed by atoms with van der Waals surface area (Å²) in [5.74, 6) is 2.73. The molecule has 0 radical (unpaired) electrons. The van der Waals surface area contributed by atoms with Crippen molar-refractivity contribution in [3.63, 3.8) is 0 Å². The minimum Gasteiger partial charge on any atom is -0.469 e. The molecule has 2 unspecified atom stereocenters. The van der Waals surface area contributed by atoms with Gasteiger partial charge in [0.2, 0.25) is 0 Å². The molecule has 28 heavy (non-hydrogen) atoms. The summed E-state index contributed by atoms with van der Waals surface area (Å²) in [4.78, 5) is 24.3. The van der Waals surface area contributed by atoms with Gasteiger partial charge in [-0.2, -0.15) is 11.8 Å². The number of carbonyl (C=O) groups is 2. The third-order valence-electron chi connectivity index (χ3n) is 5.21. The van der Waals surface area contributed by atoms with Crippen molar-refractivity contribution >= 4 is 23.6 Å². The molecule has 0 bridgehead atoms. The number of esters is 1. The second kappa shape index (κ2) is 10.4. The van der Waals surface area contributed by atoms with Crippen LogP contribution >= 0.6 is 11.8 Å². The van der Waals surface area contributed by atoms with Crippen molar-refractivity contribution in [3.05, 3.63) is 59.5 Å². The number of amides is 1. The van der Waals surface area contributed by atoms with Gasteiger partial charge in [0.05, 0.1) is 25.8 Å². The number of furan rings is 1. The van der Waals surface area contributed by atoms with E-state index < -0.39 is 0 Å². The summed E-state index contributed by atoms with van der Waals surface area (Å²) in [7, 11) is 1.48. The third kappa shape index (κ3) is 5.64. The second-order valence-electron chi connectivity index (χ2n) is 7.15. The first-order valence-electron chi connectivity index (χ1n) is 9.72. The van der Waals surface area contributed by atoms with E-state index in [1.807, 2.05) is 42.1 Å². The van der Waals surface area contributed by atoms with E-state index in [-0.39, 0.29) is 17.8 Å². The third-order valence-corrected chi connectivity index (χ3v) is 6.41. The smallest absolute Gasteiger partial charge is 0.308 e. The van der Waals surface area contributed by atoms with Crippen molar-refractivity contribution in [2.24, 2.45) is 11.8 Å². The van der Waals surface area contributed by atoms with Crippen LogP contribution in [0.2, 0.25) is 0 Å². The molecule has 1 aliphatic rings. The highest BCUT2D eigenvalue weighted by molar-refractivity contribution is 7.98. The van der Waals surface area contributed by atoms with Gasteiger partial charge in [-0.25, -0.2) is 0 Å².